The Morgan fingerprint density at radius 3 is 3.18 bits per heavy atom. The second-order valence-corrected chi connectivity index (χ2v) is 5.14. The van der Waals surface area contributed by atoms with Crippen LogP contribution in [0.2, 0.25) is 0 Å². The Hall–Kier alpha value is -1.17. The van der Waals surface area contributed by atoms with Gasteiger partial charge in [0.1, 0.15) is 10.7 Å². The van der Waals surface area contributed by atoms with E-state index in [1.807, 2.05) is 18.7 Å². The summed E-state index contributed by atoms with van der Waals surface area (Å²) in [6.07, 6.45) is 2.09. The lowest BCUT2D eigenvalue weighted by atomic mass is 9.99. The highest BCUT2D eigenvalue weighted by molar-refractivity contribution is 7.10. The van der Waals surface area contributed by atoms with Crippen LogP contribution in [-0.4, -0.2) is 33.5 Å². The normalized spacial score (nSPS) is 20.7. The highest BCUT2D eigenvalue weighted by atomic mass is 32.1. The number of nitrogens with one attached hydrogen (secondary N) is 1. The Bertz CT molecular complexity index is 393. The number of carbonyl (C=O) groups excluding carboxylic acids is 1. The molecular weight excluding hydrogens is 236 g/mol. The zero-order valence-corrected chi connectivity index (χ0v) is 11.1. The summed E-state index contributed by atoms with van der Waals surface area (Å²) in [6.45, 7) is 6.31. The summed E-state index contributed by atoms with van der Waals surface area (Å²) in [6, 6.07) is 0. The van der Waals surface area contributed by atoms with E-state index in [1.54, 1.807) is 0 Å². The topological polar surface area (TPSA) is 58.1 Å². The fraction of sp³-hybridized carbons (Fsp3) is 0.727. The molecular formula is C11H18N4OS. The summed E-state index contributed by atoms with van der Waals surface area (Å²) in [5, 5.41) is 8.31. The third-order valence-corrected chi connectivity index (χ3v) is 3.76. The van der Waals surface area contributed by atoms with Crippen LogP contribution in [0.1, 0.15) is 32.4 Å². The van der Waals surface area contributed by atoms with E-state index in [4.69, 9.17) is 0 Å². The molecule has 0 aromatic carbocycles. The maximum absolute atomic E-state index is 12.0. The van der Waals surface area contributed by atoms with Gasteiger partial charge in [-0.3, -0.25) is 4.79 Å². The molecule has 17 heavy (non-hydrogen) atoms. The van der Waals surface area contributed by atoms with Gasteiger partial charge in [0.25, 0.3) is 0 Å². The van der Waals surface area contributed by atoms with E-state index >= 15 is 0 Å². The van der Waals surface area contributed by atoms with Gasteiger partial charge in [-0.15, -0.1) is 5.10 Å². The number of piperidine rings is 1. The Labute approximate surface area is 105 Å². The molecule has 5 nitrogen and oxygen atoms in total. The summed E-state index contributed by atoms with van der Waals surface area (Å²) in [5.41, 5.74) is 0.888. The van der Waals surface area contributed by atoms with Gasteiger partial charge in [-0.1, -0.05) is 11.4 Å². The van der Waals surface area contributed by atoms with Gasteiger partial charge in [0.2, 0.25) is 5.91 Å². The molecule has 0 radical (unpaired) electrons. The van der Waals surface area contributed by atoms with Gasteiger partial charge < -0.3 is 10.2 Å². The highest BCUT2D eigenvalue weighted by Crippen LogP contribution is 2.23. The van der Waals surface area contributed by atoms with E-state index in [0.29, 0.717) is 6.54 Å². The fourth-order valence-electron chi connectivity index (χ4n) is 2.08. The molecule has 1 aliphatic heterocycles. The standard InChI is InChI=1S/C11H18N4OS/c1-3-12-10-9(13-14-17-10)7-15-6-4-5-8(2)11(15)16/h8,12H,3-7H2,1-2H3. The number of rotatable bonds is 4. The first-order chi connectivity index (χ1) is 8.22. The van der Waals surface area contributed by atoms with Gasteiger partial charge in [0.05, 0.1) is 6.54 Å². The van der Waals surface area contributed by atoms with Crippen molar-refractivity contribution in [1.29, 1.82) is 0 Å². The van der Waals surface area contributed by atoms with E-state index in [-0.39, 0.29) is 11.8 Å². The van der Waals surface area contributed by atoms with Crippen LogP contribution < -0.4 is 5.32 Å². The smallest absolute Gasteiger partial charge is 0.225 e. The molecule has 1 saturated heterocycles. The van der Waals surface area contributed by atoms with Crippen LogP contribution in [0.5, 0.6) is 0 Å². The minimum atomic E-state index is 0.151. The summed E-state index contributed by atoms with van der Waals surface area (Å²) >= 11 is 1.35. The van der Waals surface area contributed by atoms with Gasteiger partial charge in [-0.25, -0.2) is 0 Å². The van der Waals surface area contributed by atoms with Crippen molar-refractivity contribution in [2.75, 3.05) is 18.4 Å². The number of aromatic nitrogens is 2. The van der Waals surface area contributed by atoms with Crippen molar-refractivity contribution in [3.05, 3.63) is 5.69 Å². The first-order valence-corrected chi connectivity index (χ1v) is 6.83. The second-order valence-electron chi connectivity index (χ2n) is 4.38. The first-order valence-electron chi connectivity index (χ1n) is 6.06. The van der Waals surface area contributed by atoms with Crippen LogP contribution >= 0.6 is 11.5 Å². The van der Waals surface area contributed by atoms with Crippen LogP contribution in [0.25, 0.3) is 0 Å². The molecule has 1 fully saturated rings. The van der Waals surface area contributed by atoms with E-state index in [0.717, 1.165) is 36.6 Å². The number of hydrogen-bond donors (Lipinski definition) is 1. The van der Waals surface area contributed by atoms with Crippen molar-refractivity contribution in [1.82, 2.24) is 14.5 Å². The summed E-state index contributed by atoms with van der Waals surface area (Å²) in [4.78, 5) is 13.9. The summed E-state index contributed by atoms with van der Waals surface area (Å²) in [5.74, 6) is 0.393. The molecule has 1 unspecified atom stereocenters. The maximum Gasteiger partial charge on any atom is 0.225 e. The SMILES string of the molecule is CCNc1snnc1CN1CCCC(C)C1=O. The zero-order valence-electron chi connectivity index (χ0n) is 10.3. The van der Waals surface area contributed by atoms with Crippen LogP contribution in [0, 0.1) is 5.92 Å². The van der Waals surface area contributed by atoms with Crippen molar-refractivity contribution in [2.24, 2.45) is 5.92 Å². The van der Waals surface area contributed by atoms with Crippen LogP contribution in [0.3, 0.4) is 0 Å². The largest absolute Gasteiger partial charge is 0.374 e. The molecule has 2 rings (SSSR count). The Kier molecular flexibility index (Phi) is 3.93. The molecule has 1 N–H and O–H groups in total. The number of hydrogen-bond acceptors (Lipinski definition) is 5. The Morgan fingerprint density at radius 1 is 1.59 bits per heavy atom. The van der Waals surface area contributed by atoms with Crippen molar-refractivity contribution < 1.29 is 4.79 Å². The summed E-state index contributed by atoms with van der Waals surface area (Å²) in [7, 11) is 0. The minimum absolute atomic E-state index is 0.151. The average molecular weight is 254 g/mol. The molecule has 94 valence electrons. The molecule has 0 bridgehead atoms. The average Bonchev–Trinajstić information content (AvgIpc) is 2.73. The van der Waals surface area contributed by atoms with E-state index in [1.165, 1.54) is 11.5 Å². The predicted molar refractivity (Wildman–Crippen MR) is 67.9 cm³/mol. The fourth-order valence-corrected chi connectivity index (χ4v) is 2.72. The number of anilines is 1. The monoisotopic (exact) mass is 254 g/mol. The molecule has 0 spiro atoms. The molecule has 0 aliphatic carbocycles. The lowest BCUT2D eigenvalue weighted by Crippen LogP contribution is -2.39. The van der Waals surface area contributed by atoms with Crippen molar-refractivity contribution >= 4 is 22.4 Å². The summed E-state index contributed by atoms with van der Waals surface area (Å²) < 4.78 is 3.94. The van der Waals surface area contributed by atoms with Crippen LogP contribution in [-0.2, 0) is 11.3 Å². The van der Waals surface area contributed by atoms with Crippen molar-refractivity contribution in [3.8, 4) is 0 Å². The predicted octanol–water partition coefficient (Wildman–Crippen LogP) is 1.73. The van der Waals surface area contributed by atoms with E-state index in [2.05, 4.69) is 14.9 Å². The van der Waals surface area contributed by atoms with Gasteiger partial charge in [-0.2, -0.15) is 0 Å². The molecule has 1 atom stereocenters. The maximum atomic E-state index is 12.0. The third kappa shape index (κ3) is 2.74. The van der Waals surface area contributed by atoms with Crippen molar-refractivity contribution in [3.63, 3.8) is 0 Å². The van der Waals surface area contributed by atoms with Crippen LogP contribution in [0.4, 0.5) is 5.00 Å². The van der Waals surface area contributed by atoms with Gasteiger partial charge in [0.15, 0.2) is 0 Å². The van der Waals surface area contributed by atoms with E-state index < -0.39 is 0 Å². The molecule has 2 heterocycles. The second kappa shape index (κ2) is 5.44. The van der Waals surface area contributed by atoms with Gasteiger partial charge >= 0.3 is 0 Å². The number of likely N-dealkylation sites (tertiary alicyclic amines) is 1. The molecule has 1 aromatic rings. The Balaban J connectivity index is 2.04. The molecule has 1 aliphatic rings. The first kappa shape index (κ1) is 12.3. The number of carbonyl (C=O) groups is 1. The lowest BCUT2D eigenvalue weighted by Gasteiger charge is -2.30. The number of amides is 1. The van der Waals surface area contributed by atoms with Gasteiger partial charge in [0, 0.05) is 30.5 Å². The molecule has 1 amide bonds. The molecule has 6 heteroatoms. The zero-order chi connectivity index (χ0) is 12.3. The number of nitrogens with zero attached hydrogens (tertiary/aromatic N) is 3. The highest BCUT2D eigenvalue weighted by Gasteiger charge is 2.26. The van der Waals surface area contributed by atoms with Gasteiger partial charge in [-0.05, 0) is 19.8 Å². The lowest BCUT2D eigenvalue weighted by molar-refractivity contribution is -0.138. The molecule has 0 saturated carbocycles. The third-order valence-electron chi connectivity index (χ3n) is 3.03. The molecule has 1 aromatic heterocycles. The van der Waals surface area contributed by atoms with Crippen molar-refractivity contribution in [2.45, 2.75) is 33.2 Å². The quantitative estimate of drug-likeness (QED) is 0.889. The Morgan fingerprint density at radius 2 is 2.41 bits per heavy atom. The van der Waals surface area contributed by atoms with Crippen LogP contribution in [0.15, 0.2) is 0 Å². The van der Waals surface area contributed by atoms with E-state index in [9.17, 15) is 4.79 Å². The minimum Gasteiger partial charge on any atom is -0.374 e.